The molecule has 0 aliphatic carbocycles. The van der Waals surface area contributed by atoms with Gasteiger partial charge in [0.15, 0.2) is 0 Å². The minimum atomic E-state index is -0.137. The Morgan fingerprint density at radius 3 is 2.77 bits per heavy atom. The third kappa shape index (κ3) is 3.03. The first-order chi connectivity index (χ1) is 12.5. The van der Waals surface area contributed by atoms with Crippen molar-refractivity contribution in [1.29, 1.82) is 0 Å². The number of furan rings is 1. The third-order valence-corrected chi connectivity index (χ3v) is 5.38. The van der Waals surface area contributed by atoms with E-state index < -0.39 is 0 Å². The van der Waals surface area contributed by atoms with Gasteiger partial charge >= 0.3 is 0 Å². The second-order valence-electron chi connectivity index (χ2n) is 7.19. The molecule has 26 heavy (non-hydrogen) atoms. The van der Waals surface area contributed by atoms with Gasteiger partial charge in [-0.3, -0.25) is 9.59 Å². The Bertz CT molecular complexity index is 885. The maximum Gasteiger partial charge on any atom is 0.274 e. The topological polar surface area (TPSA) is 87.7 Å². The summed E-state index contributed by atoms with van der Waals surface area (Å²) in [6, 6.07) is 7.32. The number of aromatic nitrogens is 1. The van der Waals surface area contributed by atoms with Crippen molar-refractivity contribution < 1.29 is 14.3 Å². The zero-order valence-electron chi connectivity index (χ0n) is 14.8. The van der Waals surface area contributed by atoms with Crippen LogP contribution in [0.3, 0.4) is 0 Å². The number of rotatable bonds is 4. The van der Waals surface area contributed by atoms with Gasteiger partial charge in [-0.05, 0) is 36.6 Å². The summed E-state index contributed by atoms with van der Waals surface area (Å²) in [5, 5.41) is 12.2. The van der Waals surface area contributed by atoms with Crippen molar-refractivity contribution in [3.63, 3.8) is 0 Å². The average Bonchev–Trinajstić information content (AvgIpc) is 3.09. The van der Waals surface area contributed by atoms with Crippen LogP contribution < -0.4 is 10.9 Å². The van der Waals surface area contributed by atoms with Gasteiger partial charge in [0, 0.05) is 38.2 Å². The minimum Gasteiger partial charge on any atom is -0.462 e. The molecule has 1 fully saturated rings. The average molecular weight is 357 g/mol. The molecule has 0 saturated carbocycles. The highest BCUT2D eigenvalue weighted by atomic mass is 16.4. The molecule has 7 nitrogen and oxygen atoms in total. The summed E-state index contributed by atoms with van der Waals surface area (Å²) in [6.45, 7) is 3.93. The molecule has 2 N–H and O–H groups in total. The van der Waals surface area contributed by atoms with Crippen molar-refractivity contribution in [3.8, 4) is 0 Å². The first kappa shape index (κ1) is 16.9. The molecule has 0 spiro atoms. The Morgan fingerprint density at radius 1 is 1.23 bits per heavy atom. The molecule has 0 aromatic carbocycles. The minimum absolute atomic E-state index is 0.0255. The van der Waals surface area contributed by atoms with Gasteiger partial charge in [0.25, 0.3) is 5.56 Å². The van der Waals surface area contributed by atoms with E-state index in [0.717, 1.165) is 18.7 Å². The molecule has 2 bridgehead atoms. The smallest absolute Gasteiger partial charge is 0.274 e. The van der Waals surface area contributed by atoms with Crippen LogP contribution >= 0.6 is 0 Å². The van der Waals surface area contributed by atoms with E-state index in [1.807, 2.05) is 21.6 Å². The largest absolute Gasteiger partial charge is 0.462 e. The molecular weight excluding hydrogens is 334 g/mol. The van der Waals surface area contributed by atoms with Gasteiger partial charge in [-0.25, -0.2) is 0 Å². The van der Waals surface area contributed by atoms with E-state index in [2.05, 4.69) is 5.32 Å². The molecule has 0 unspecified atom stereocenters. The maximum atomic E-state index is 12.9. The molecule has 7 heteroatoms. The summed E-state index contributed by atoms with van der Waals surface area (Å²) in [5.41, 5.74) is 1.53. The highest BCUT2D eigenvalue weighted by molar-refractivity contribution is 5.73. The van der Waals surface area contributed by atoms with E-state index in [0.29, 0.717) is 42.8 Å². The first-order valence-electron chi connectivity index (χ1n) is 8.96. The molecule has 2 atom stereocenters. The first-order valence-corrected chi connectivity index (χ1v) is 8.96. The van der Waals surface area contributed by atoms with Crippen LogP contribution in [0.15, 0.2) is 33.5 Å². The van der Waals surface area contributed by atoms with Gasteiger partial charge in [-0.1, -0.05) is 0 Å². The van der Waals surface area contributed by atoms with E-state index >= 15 is 0 Å². The molecule has 1 saturated heterocycles. The van der Waals surface area contributed by atoms with Crippen LogP contribution in [0, 0.1) is 5.92 Å². The van der Waals surface area contributed by atoms with E-state index in [1.165, 1.54) is 0 Å². The summed E-state index contributed by atoms with van der Waals surface area (Å²) in [4.78, 5) is 26.5. The van der Waals surface area contributed by atoms with Crippen molar-refractivity contribution in [2.24, 2.45) is 5.92 Å². The van der Waals surface area contributed by atoms with E-state index in [4.69, 9.17) is 9.52 Å². The lowest BCUT2D eigenvalue weighted by molar-refractivity contribution is -0.131. The van der Waals surface area contributed by atoms with Crippen molar-refractivity contribution in [3.05, 3.63) is 51.8 Å². The van der Waals surface area contributed by atoms with E-state index in [1.54, 1.807) is 19.1 Å². The van der Waals surface area contributed by atoms with Gasteiger partial charge < -0.3 is 24.3 Å². The van der Waals surface area contributed by atoms with Crippen LogP contribution in [0.1, 0.15) is 36.5 Å². The monoisotopic (exact) mass is 357 g/mol. The second-order valence-corrected chi connectivity index (χ2v) is 7.19. The molecule has 0 radical (unpaired) electrons. The molecule has 4 rings (SSSR count). The number of aliphatic hydroxyl groups is 1. The number of anilines is 1. The normalized spacial score (nSPS) is 21.4. The van der Waals surface area contributed by atoms with Gasteiger partial charge in [0.05, 0.1) is 6.54 Å². The SMILES string of the molecule is CC(=O)N1C[C@@H]2C[C@H](C1)c1ccc(NCc3ccc(CO)o3)c(=O)n1C2. The molecule has 2 aromatic heterocycles. The summed E-state index contributed by atoms with van der Waals surface area (Å²) >= 11 is 0. The Hall–Kier alpha value is -2.54. The van der Waals surface area contributed by atoms with Crippen LogP contribution in [0.4, 0.5) is 5.69 Å². The fraction of sp³-hybridized carbons (Fsp3) is 0.474. The van der Waals surface area contributed by atoms with Crippen LogP contribution in [-0.4, -0.2) is 33.6 Å². The van der Waals surface area contributed by atoms with Crippen molar-refractivity contribution in [2.45, 2.75) is 39.0 Å². The molecule has 2 aliphatic heterocycles. The Kier molecular flexibility index (Phi) is 4.32. The number of amides is 1. The number of likely N-dealkylation sites (tertiary alicyclic amines) is 1. The number of aliphatic hydroxyl groups excluding tert-OH is 1. The molecule has 138 valence electrons. The van der Waals surface area contributed by atoms with E-state index in [-0.39, 0.29) is 24.0 Å². The maximum absolute atomic E-state index is 12.9. The fourth-order valence-electron chi connectivity index (χ4n) is 4.12. The lowest BCUT2D eigenvalue weighted by Crippen LogP contribution is -2.48. The van der Waals surface area contributed by atoms with E-state index in [9.17, 15) is 9.59 Å². The standard InChI is InChI=1S/C19H23N3O4/c1-12(24)21-8-13-6-14(10-21)18-5-4-17(19(25)22(18)9-13)20-7-15-2-3-16(11-23)26-15/h2-5,13-14,20,23H,6-11H2,1H3/t13-,14+/m0/s1. The van der Waals surface area contributed by atoms with Gasteiger partial charge in [0.1, 0.15) is 23.8 Å². The number of nitrogens with one attached hydrogen (secondary N) is 1. The quantitative estimate of drug-likeness (QED) is 0.866. The van der Waals surface area contributed by atoms with Crippen LogP contribution in [-0.2, 0) is 24.5 Å². The van der Waals surface area contributed by atoms with Gasteiger partial charge in [-0.15, -0.1) is 0 Å². The zero-order valence-corrected chi connectivity index (χ0v) is 14.8. The lowest BCUT2D eigenvalue weighted by Gasteiger charge is -2.42. The summed E-state index contributed by atoms with van der Waals surface area (Å²) in [6.07, 6.45) is 1.03. The van der Waals surface area contributed by atoms with Crippen LogP contribution in [0.5, 0.6) is 0 Å². The highest BCUT2D eigenvalue weighted by Gasteiger charge is 2.35. The lowest BCUT2D eigenvalue weighted by atomic mass is 9.83. The molecule has 2 aliphatic rings. The number of fused-ring (bicyclic) bond motifs is 4. The predicted octanol–water partition coefficient (Wildman–Crippen LogP) is 1.51. The Morgan fingerprint density at radius 2 is 2.04 bits per heavy atom. The predicted molar refractivity (Wildman–Crippen MR) is 95.8 cm³/mol. The fourth-order valence-corrected chi connectivity index (χ4v) is 4.12. The van der Waals surface area contributed by atoms with Crippen molar-refractivity contribution >= 4 is 11.6 Å². The Balaban J connectivity index is 1.55. The van der Waals surface area contributed by atoms with Crippen LogP contribution in [0.2, 0.25) is 0 Å². The number of hydrogen-bond acceptors (Lipinski definition) is 5. The van der Waals surface area contributed by atoms with Gasteiger partial charge in [-0.2, -0.15) is 0 Å². The highest BCUT2D eigenvalue weighted by Crippen LogP contribution is 2.35. The zero-order chi connectivity index (χ0) is 18.3. The number of carbonyl (C=O) groups is 1. The number of nitrogens with zero attached hydrogens (tertiary/aromatic N) is 2. The molecule has 4 heterocycles. The van der Waals surface area contributed by atoms with Crippen molar-refractivity contribution in [2.75, 3.05) is 18.4 Å². The third-order valence-electron chi connectivity index (χ3n) is 5.38. The molecule has 1 amide bonds. The number of piperidine rings is 1. The molecule has 2 aromatic rings. The number of carbonyl (C=O) groups excluding carboxylic acids is 1. The summed E-state index contributed by atoms with van der Waals surface area (Å²) in [5.74, 6) is 1.84. The van der Waals surface area contributed by atoms with Crippen molar-refractivity contribution in [1.82, 2.24) is 9.47 Å². The number of pyridine rings is 1. The summed E-state index contributed by atoms with van der Waals surface area (Å²) in [7, 11) is 0. The Labute approximate surface area is 151 Å². The number of hydrogen-bond donors (Lipinski definition) is 2. The summed E-state index contributed by atoms with van der Waals surface area (Å²) < 4.78 is 7.30. The molecular formula is C19H23N3O4. The second kappa shape index (κ2) is 6.64. The van der Waals surface area contributed by atoms with Gasteiger partial charge in [0.2, 0.25) is 5.91 Å². The van der Waals surface area contributed by atoms with Crippen LogP contribution in [0.25, 0.3) is 0 Å².